The van der Waals surface area contributed by atoms with Gasteiger partial charge in [-0.1, -0.05) is 17.7 Å². The molecule has 2 rings (SSSR count). The molecule has 6 nitrogen and oxygen atoms in total. The van der Waals surface area contributed by atoms with E-state index in [1.165, 1.54) is 0 Å². The molecule has 2 aromatic rings. The number of rotatable bonds is 5. The molecule has 0 bridgehead atoms. The topological polar surface area (TPSA) is 85.5 Å². The number of aliphatic carboxylic acids is 1. The van der Waals surface area contributed by atoms with Crippen LogP contribution in [0.2, 0.25) is 5.02 Å². The Kier molecular flexibility index (Phi) is 4.13. The highest BCUT2D eigenvalue weighted by Crippen LogP contribution is 2.27. The molecule has 0 fully saturated rings. The van der Waals surface area contributed by atoms with Crippen molar-refractivity contribution in [2.24, 2.45) is 0 Å². The van der Waals surface area contributed by atoms with E-state index >= 15 is 0 Å². The summed E-state index contributed by atoms with van der Waals surface area (Å²) in [5.41, 5.74) is 1.58. The molecule has 19 heavy (non-hydrogen) atoms. The molecule has 7 heteroatoms. The molecule has 0 aliphatic heterocycles. The summed E-state index contributed by atoms with van der Waals surface area (Å²) in [6.07, 6.45) is 0. The summed E-state index contributed by atoms with van der Waals surface area (Å²) in [5, 5.41) is 16.7. The quantitative estimate of drug-likeness (QED) is 0.905. The fourth-order valence-corrected chi connectivity index (χ4v) is 1.66. The van der Waals surface area contributed by atoms with Crippen LogP contribution in [0.3, 0.4) is 0 Å². The van der Waals surface area contributed by atoms with Crippen molar-refractivity contribution in [3.05, 3.63) is 34.7 Å². The maximum absolute atomic E-state index is 10.3. The molecule has 100 valence electrons. The van der Waals surface area contributed by atoms with Gasteiger partial charge in [0, 0.05) is 10.6 Å². The lowest BCUT2D eigenvalue weighted by molar-refractivity contribution is -0.142. The first-order valence-corrected chi connectivity index (χ1v) is 5.83. The average Bonchev–Trinajstić information content (AvgIpc) is 2.81. The molecule has 0 saturated carbocycles. The minimum absolute atomic E-state index is 0.0427. The Balaban J connectivity index is 2.12. The Labute approximate surface area is 114 Å². The van der Waals surface area contributed by atoms with Gasteiger partial charge in [-0.15, -0.1) is 10.2 Å². The van der Waals surface area contributed by atoms with Crippen molar-refractivity contribution in [2.75, 3.05) is 6.61 Å². The summed E-state index contributed by atoms with van der Waals surface area (Å²) in [7, 11) is 0. The van der Waals surface area contributed by atoms with Crippen molar-refractivity contribution >= 4 is 17.6 Å². The predicted molar refractivity (Wildman–Crippen MR) is 66.8 cm³/mol. The van der Waals surface area contributed by atoms with E-state index in [2.05, 4.69) is 10.2 Å². The second-order valence-corrected chi connectivity index (χ2v) is 4.21. The van der Waals surface area contributed by atoms with E-state index in [9.17, 15) is 4.79 Å². The zero-order valence-electron chi connectivity index (χ0n) is 10.1. The van der Waals surface area contributed by atoms with E-state index < -0.39 is 12.6 Å². The number of halogens is 1. The van der Waals surface area contributed by atoms with Crippen LogP contribution in [0.5, 0.6) is 0 Å². The van der Waals surface area contributed by atoms with Crippen LogP contribution in [0.25, 0.3) is 11.5 Å². The van der Waals surface area contributed by atoms with Crippen LogP contribution in [0, 0.1) is 6.92 Å². The number of ether oxygens (including phenoxy) is 1. The number of carbonyl (C=O) groups is 1. The molecule has 0 spiro atoms. The van der Waals surface area contributed by atoms with Crippen LogP contribution in [0.15, 0.2) is 22.6 Å². The molecule has 0 atom stereocenters. The average molecular weight is 283 g/mol. The van der Waals surface area contributed by atoms with Crippen molar-refractivity contribution in [1.82, 2.24) is 10.2 Å². The van der Waals surface area contributed by atoms with Crippen molar-refractivity contribution < 1.29 is 19.1 Å². The molecule has 0 unspecified atom stereocenters. The standard InChI is InChI=1S/C12H11ClN2O4/c1-7-8(3-2-4-9(7)13)12-15-14-10(19-12)5-18-6-11(16)17/h2-4H,5-6H2,1H3,(H,16,17). The van der Waals surface area contributed by atoms with Gasteiger partial charge in [-0.3, -0.25) is 0 Å². The van der Waals surface area contributed by atoms with Gasteiger partial charge in [0.25, 0.3) is 0 Å². The molecule has 1 heterocycles. The van der Waals surface area contributed by atoms with Gasteiger partial charge in [0.2, 0.25) is 11.8 Å². The molecule has 0 aliphatic carbocycles. The lowest BCUT2D eigenvalue weighted by Crippen LogP contribution is -2.06. The van der Waals surface area contributed by atoms with Gasteiger partial charge >= 0.3 is 5.97 Å². The lowest BCUT2D eigenvalue weighted by atomic mass is 10.1. The number of nitrogens with zero attached hydrogens (tertiary/aromatic N) is 2. The molecule has 0 radical (unpaired) electrons. The van der Waals surface area contributed by atoms with Crippen molar-refractivity contribution in [3.8, 4) is 11.5 Å². The number of benzene rings is 1. The highest BCUT2D eigenvalue weighted by molar-refractivity contribution is 6.31. The first kappa shape index (κ1) is 13.5. The summed E-state index contributed by atoms with van der Waals surface area (Å²) in [6.45, 7) is 1.40. The van der Waals surface area contributed by atoms with Gasteiger partial charge in [-0.25, -0.2) is 4.79 Å². The summed E-state index contributed by atoms with van der Waals surface area (Å²) in [5.74, 6) is -0.505. The summed E-state index contributed by atoms with van der Waals surface area (Å²) >= 11 is 6.01. The molecular weight excluding hydrogens is 272 g/mol. The van der Waals surface area contributed by atoms with Crippen LogP contribution >= 0.6 is 11.6 Å². The second kappa shape index (κ2) is 5.81. The van der Waals surface area contributed by atoms with Crippen LogP contribution in [-0.4, -0.2) is 27.9 Å². The molecule has 1 N–H and O–H groups in total. The number of aromatic nitrogens is 2. The Bertz CT molecular complexity index is 597. The van der Waals surface area contributed by atoms with E-state index in [-0.39, 0.29) is 12.5 Å². The van der Waals surface area contributed by atoms with Gasteiger partial charge in [-0.05, 0) is 24.6 Å². The van der Waals surface area contributed by atoms with Crippen molar-refractivity contribution in [2.45, 2.75) is 13.5 Å². The summed E-state index contributed by atoms with van der Waals surface area (Å²) in [6, 6.07) is 5.37. The van der Waals surface area contributed by atoms with Gasteiger partial charge in [0.1, 0.15) is 13.2 Å². The molecular formula is C12H11ClN2O4. The molecule has 0 saturated heterocycles. The van der Waals surface area contributed by atoms with E-state index in [1.807, 2.05) is 13.0 Å². The SMILES string of the molecule is Cc1c(Cl)cccc1-c1nnc(COCC(=O)O)o1. The summed E-state index contributed by atoms with van der Waals surface area (Å²) < 4.78 is 10.3. The van der Waals surface area contributed by atoms with E-state index in [4.69, 9.17) is 25.9 Å². The number of carboxylic acid groups (broad SMARTS) is 1. The number of hydrogen-bond donors (Lipinski definition) is 1. The summed E-state index contributed by atoms with van der Waals surface area (Å²) in [4.78, 5) is 10.3. The molecule has 1 aromatic carbocycles. The van der Waals surface area contributed by atoms with Crippen LogP contribution in [-0.2, 0) is 16.1 Å². The number of carboxylic acids is 1. The minimum Gasteiger partial charge on any atom is -0.480 e. The Morgan fingerprint density at radius 3 is 3.00 bits per heavy atom. The van der Waals surface area contributed by atoms with Gasteiger partial charge in [0.15, 0.2) is 0 Å². The van der Waals surface area contributed by atoms with E-state index in [0.29, 0.717) is 10.9 Å². The van der Waals surface area contributed by atoms with Crippen LogP contribution in [0.4, 0.5) is 0 Å². The Morgan fingerprint density at radius 2 is 2.26 bits per heavy atom. The van der Waals surface area contributed by atoms with Gasteiger partial charge < -0.3 is 14.3 Å². The van der Waals surface area contributed by atoms with Crippen LogP contribution < -0.4 is 0 Å². The minimum atomic E-state index is -1.05. The number of hydrogen-bond acceptors (Lipinski definition) is 5. The highest BCUT2D eigenvalue weighted by Gasteiger charge is 2.12. The lowest BCUT2D eigenvalue weighted by Gasteiger charge is -2.02. The van der Waals surface area contributed by atoms with Crippen LogP contribution in [0.1, 0.15) is 11.5 Å². The van der Waals surface area contributed by atoms with Crippen molar-refractivity contribution in [1.29, 1.82) is 0 Å². The largest absolute Gasteiger partial charge is 0.480 e. The second-order valence-electron chi connectivity index (χ2n) is 3.80. The van der Waals surface area contributed by atoms with E-state index in [1.54, 1.807) is 12.1 Å². The zero-order chi connectivity index (χ0) is 13.8. The first-order chi connectivity index (χ1) is 9.08. The fraction of sp³-hybridized carbons (Fsp3) is 0.250. The molecule has 0 aliphatic rings. The highest BCUT2D eigenvalue weighted by atomic mass is 35.5. The molecule has 1 aromatic heterocycles. The first-order valence-electron chi connectivity index (χ1n) is 5.45. The maximum atomic E-state index is 10.3. The Morgan fingerprint density at radius 1 is 1.47 bits per heavy atom. The maximum Gasteiger partial charge on any atom is 0.329 e. The van der Waals surface area contributed by atoms with Gasteiger partial charge in [0.05, 0.1) is 0 Å². The Hall–Kier alpha value is -1.92. The third-order valence-corrected chi connectivity index (χ3v) is 2.83. The normalized spacial score (nSPS) is 10.6. The predicted octanol–water partition coefficient (Wildman–Crippen LogP) is 2.30. The van der Waals surface area contributed by atoms with Gasteiger partial charge in [-0.2, -0.15) is 0 Å². The van der Waals surface area contributed by atoms with Crippen molar-refractivity contribution in [3.63, 3.8) is 0 Å². The zero-order valence-corrected chi connectivity index (χ0v) is 10.8. The fourth-order valence-electron chi connectivity index (χ4n) is 1.49. The third kappa shape index (κ3) is 3.30. The smallest absolute Gasteiger partial charge is 0.329 e. The van der Waals surface area contributed by atoms with E-state index in [0.717, 1.165) is 11.1 Å². The molecule has 0 amide bonds. The monoisotopic (exact) mass is 282 g/mol. The third-order valence-electron chi connectivity index (χ3n) is 2.42.